The lowest BCUT2D eigenvalue weighted by Gasteiger charge is -2.29. The van der Waals surface area contributed by atoms with E-state index >= 15 is 0 Å². The van der Waals surface area contributed by atoms with Crippen LogP contribution in [-0.4, -0.2) is 18.0 Å². The first-order valence-electron chi connectivity index (χ1n) is 7.13. The van der Waals surface area contributed by atoms with Crippen LogP contribution in [0.25, 0.3) is 11.1 Å². The molecule has 0 N–H and O–H groups in total. The van der Waals surface area contributed by atoms with Crippen molar-refractivity contribution in [2.45, 2.75) is 19.4 Å². The van der Waals surface area contributed by atoms with Crippen LogP contribution in [0.4, 0.5) is 5.69 Å². The third-order valence-corrected chi connectivity index (χ3v) is 3.96. The number of methoxy groups -OCH3 is 1. The number of benzene rings is 2. The summed E-state index contributed by atoms with van der Waals surface area (Å²) in [5, 5.41) is 11.0. The Bertz CT molecular complexity index is 800. The Balaban J connectivity index is 2.14. The summed E-state index contributed by atoms with van der Waals surface area (Å²) in [6.07, 6.45) is -0.468. The second kappa shape index (κ2) is 5.72. The molecule has 2 aromatic carbocycles. The number of fused-ring (bicyclic) bond motifs is 3. The third-order valence-electron chi connectivity index (χ3n) is 3.96. The van der Waals surface area contributed by atoms with Crippen molar-refractivity contribution < 1.29 is 19.2 Å². The SMILES string of the molecule is COC(=O)CC1Oc2cc([N+](=O)[O-])ccc2-c2cccc(C)c21. The lowest BCUT2D eigenvalue weighted by atomic mass is 9.88. The smallest absolute Gasteiger partial charge is 0.309 e. The average molecular weight is 313 g/mol. The largest absolute Gasteiger partial charge is 0.484 e. The van der Waals surface area contributed by atoms with Crippen molar-refractivity contribution in [3.63, 3.8) is 0 Å². The Hall–Kier alpha value is -2.89. The van der Waals surface area contributed by atoms with E-state index in [1.165, 1.54) is 19.2 Å². The van der Waals surface area contributed by atoms with Crippen LogP contribution in [-0.2, 0) is 9.53 Å². The number of nitro benzene ring substituents is 1. The predicted octanol–water partition coefficient (Wildman–Crippen LogP) is 3.57. The van der Waals surface area contributed by atoms with Crippen molar-refractivity contribution in [2.75, 3.05) is 7.11 Å². The number of carbonyl (C=O) groups is 1. The first-order chi connectivity index (χ1) is 11.0. The molecule has 0 aromatic heterocycles. The average Bonchev–Trinajstić information content (AvgIpc) is 2.54. The molecule has 0 saturated heterocycles. The van der Waals surface area contributed by atoms with Gasteiger partial charge in [-0.1, -0.05) is 18.2 Å². The number of esters is 1. The van der Waals surface area contributed by atoms with E-state index in [0.29, 0.717) is 5.75 Å². The van der Waals surface area contributed by atoms with Gasteiger partial charge in [0.1, 0.15) is 11.9 Å². The molecule has 6 heteroatoms. The standard InChI is InChI=1S/C17H15NO5/c1-10-4-3-5-13-12-7-6-11(18(20)21)8-14(12)23-15(17(10)13)9-16(19)22-2/h3-8,15H,9H2,1-2H3. The van der Waals surface area contributed by atoms with Crippen LogP contribution in [0.2, 0.25) is 0 Å². The minimum atomic E-state index is -0.520. The molecule has 0 radical (unpaired) electrons. The van der Waals surface area contributed by atoms with Gasteiger partial charge in [-0.3, -0.25) is 14.9 Å². The molecule has 0 spiro atoms. The summed E-state index contributed by atoms with van der Waals surface area (Å²) in [6.45, 7) is 1.95. The van der Waals surface area contributed by atoms with Crippen molar-refractivity contribution in [1.82, 2.24) is 0 Å². The Morgan fingerprint density at radius 3 is 2.78 bits per heavy atom. The predicted molar refractivity (Wildman–Crippen MR) is 83.3 cm³/mol. The molecule has 0 bridgehead atoms. The van der Waals surface area contributed by atoms with Crippen LogP contribution in [0.15, 0.2) is 36.4 Å². The fraction of sp³-hybridized carbons (Fsp3) is 0.235. The zero-order valence-electron chi connectivity index (χ0n) is 12.7. The lowest BCUT2D eigenvalue weighted by molar-refractivity contribution is -0.384. The minimum absolute atomic E-state index is 0.0447. The second-order valence-electron chi connectivity index (χ2n) is 5.36. The van der Waals surface area contributed by atoms with E-state index in [0.717, 1.165) is 22.3 Å². The number of nitrogens with zero attached hydrogens (tertiary/aromatic N) is 1. The highest BCUT2D eigenvalue weighted by Gasteiger charge is 2.30. The Kier molecular flexibility index (Phi) is 3.73. The van der Waals surface area contributed by atoms with E-state index in [4.69, 9.17) is 9.47 Å². The number of non-ortho nitro benzene ring substituents is 1. The van der Waals surface area contributed by atoms with Crippen LogP contribution in [0.3, 0.4) is 0 Å². The maximum absolute atomic E-state index is 11.7. The summed E-state index contributed by atoms with van der Waals surface area (Å²) in [7, 11) is 1.32. The Morgan fingerprint density at radius 1 is 1.30 bits per heavy atom. The first-order valence-corrected chi connectivity index (χ1v) is 7.13. The molecule has 0 aliphatic carbocycles. The summed E-state index contributed by atoms with van der Waals surface area (Å²) in [4.78, 5) is 22.2. The molecular weight excluding hydrogens is 298 g/mol. The van der Waals surface area contributed by atoms with E-state index in [1.807, 2.05) is 25.1 Å². The molecule has 1 heterocycles. The normalized spacial score (nSPS) is 15.1. The van der Waals surface area contributed by atoms with Gasteiger partial charge in [0.2, 0.25) is 0 Å². The zero-order valence-corrected chi connectivity index (χ0v) is 12.7. The first kappa shape index (κ1) is 15.0. The summed E-state index contributed by atoms with van der Waals surface area (Å²) in [5.41, 5.74) is 3.58. The van der Waals surface area contributed by atoms with Crippen molar-refractivity contribution in [1.29, 1.82) is 0 Å². The number of carbonyl (C=O) groups excluding carboxylic acids is 1. The van der Waals surface area contributed by atoms with Crippen LogP contribution in [0.1, 0.15) is 23.7 Å². The van der Waals surface area contributed by atoms with Gasteiger partial charge in [0.15, 0.2) is 0 Å². The van der Waals surface area contributed by atoms with Gasteiger partial charge in [-0.25, -0.2) is 0 Å². The highest BCUT2D eigenvalue weighted by Crippen LogP contribution is 2.45. The van der Waals surface area contributed by atoms with E-state index < -0.39 is 17.0 Å². The minimum Gasteiger partial charge on any atom is -0.484 e. The van der Waals surface area contributed by atoms with Gasteiger partial charge in [-0.2, -0.15) is 0 Å². The van der Waals surface area contributed by atoms with Crippen LogP contribution in [0, 0.1) is 17.0 Å². The van der Waals surface area contributed by atoms with Gasteiger partial charge < -0.3 is 9.47 Å². The molecule has 1 unspecified atom stereocenters. The summed E-state index contributed by atoms with van der Waals surface area (Å²) in [6, 6.07) is 10.3. The van der Waals surface area contributed by atoms with Gasteiger partial charge in [-0.15, -0.1) is 0 Å². The number of rotatable bonds is 3. The third kappa shape index (κ3) is 2.63. The molecule has 3 rings (SSSR count). The Morgan fingerprint density at radius 2 is 2.09 bits per heavy atom. The van der Waals surface area contributed by atoms with Gasteiger partial charge >= 0.3 is 5.97 Å². The van der Waals surface area contributed by atoms with Gasteiger partial charge in [0, 0.05) is 17.2 Å². The number of nitro groups is 1. The molecule has 1 aliphatic heterocycles. The van der Waals surface area contributed by atoms with Crippen molar-refractivity contribution in [3.8, 4) is 16.9 Å². The molecule has 1 aliphatic rings. The van der Waals surface area contributed by atoms with E-state index in [-0.39, 0.29) is 12.1 Å². The molecule has 6 nitrogen and oxygen atoms in total. The number of aryl methyl sites for hydroxylation is 1. The summed E-state index contributed by atoms with van der Waals surface area (Å²) in [5.74, 6) is 0.0179. The van der Waals surface area contributed by atoms with Crippen LogP contribution in [0.5, 0.6) is 5.75 Å². The number of hydrogen-bond donors (Lipinski definition) is 0. The fourth-order valence-electron chi connectivity index (χ4n) is 2.88. The molecule has 2 aromatic rings. The maximum atomic E-state index is 11.7. The molecule has 1 atom stereocenters. The van der Waals surface area contributed by atoms with Gasteiger partial charge in [-0.05, 0) is 24.1 Å². The van der Waals surface area contributed by atoms with Crippen molar-refractivity contribution >= 4 is 11.7 Å². The highest BCUT2D eigenvalue weighted by molar-refractivity contribution is 5.79. The number of ether oxygens (including phenoxy) is 2. The van der Waals surface area contributed by atoms with Crippen molar-refractivity contribution in [3.05, 3.63) is 57.6 Å². The van der Waals surface area contributed by atoms with E-state index in [9.17, 15) is 14.9 Å². The molecule has 118 valence electrons. The Labute approximate surface area is 132 Å². The molecule has 23 heavy (non-hydrogen) atoms. The van der Waals surface area contributed by atoms with Crippen LogP contribution >= 0.6 is 0 Å². The van der Waals surface area contributed by atoms with Crippen molar-refractivity contribution in [2.24, 2.45) is 0 Å². The fourth-order valence-corrected chi connectivity index (χ4v) is 2.88. The monoisotopic (exact) mass is 313 g/mol. The zero-order chi connectivity index (χ0) is 16.6. The van der Waals surface area contributed by atoms with Gasteiger partial charge in [0.05, 0.1) is 24.5 Å². The second-order valence-corrected chi connectivity index (χ2v) is 5.36. The van der Waals surface area contributed by atoms with Crippen LogP contribution < -0.4 is 4.74 Å². The highest BCUT2D eigenvalue weighted by atomic mass is 16.6. The molecular formula is C17H15NO5. The lowest BCUT2D eigenvalue weighted by Crippen LogP contribution is -2.19. The molecule has 0 saturated carbocycles. The molecule has 0 amide bonds. The summed E-state index contributed by atoms with van der Waals surface area (Å²) >= 11 is 0. The maximum Gasteiger partial charge on any atom is 0.309 e. The quantitative estimate of drug-likeness (QED) is 0.492. The summed E-state index contributed by atoms with van der Waals surface area (Å²) < 4.78 is 10.6. The van der Waals surface area contributed by atoms with Gasteiger partial charge in [0.25, 0.3) is 5.69 Å². The molecule has 0 fully saturated rings. The topological polar surface area (TPSA) is 78.7 Å². The van der Waals surface area contributed by atoms with E-state index in [1.54, 1.807) is 6.07 Å². The van der Waals surface area contributed by atoms with E-state index in [2.05, 4.69) is 0 Å². The number of hydrogen-bond acceptors (Lipinski definition) is 5.